The zero-order chi connectivity index (χ0) is 20.1. The van der Waals surface area contributed by atoms with E-state index in [0.29, 0.717) is 18.5 Å². The van der Waals surface area contributed by atoms with Crippen molar-refractivity contribution in [3.63, 3.8) is 0 Å². The molecular formula is C20H22F4N2O2. The molecule has 2 aromatic rings. The smallest absolute Gasteiger partial charge is 0.387 e. The molecule has 2 atom stereocenters. The van der Waals surface area contributed by atoms with Crippen molar-refractivity contribution in [2.24, 2.45) is 11.8 Å². The summed E-state index contributed by atoms with van der Waals surface area (Å²) in [5, 5.41) is 1.75. The Balaban J connectivity index is 1.90. The Bertz CT molecular complexity index is 761. The molecule has 28 heavy (non-hydrogen) atoms. The average Bonchev–Trinajstić information content (AvgIpc) is 2.64. The quantitative estimate of drug-likeness (QED) is 0.540. The number of hydrogen-bond donors (Lipinski definition) is 1. The van der Waals surface area contributed by atoms with Crippen molar-refractivity contribution in [2.75, 3.05) is 6.54 Å². The van der Waals surface area contributed by atoms with Crippen molar-refractivity contribution < 1.29 is 27.0 Å². The summed E-state index contributed by atoms with van der Waals surface area (Å²) in [6, 6.07) is 13.3. The number of nitrogens with two attached hydrogens (primary N) is 1. The summed E-state index contributed by atoms with van der Waals surface area (Å²) in [6.07, 6.45) is 2.01. The summed E-state index contributed by atoms with van der Waals surface area (Å²) < 4.78 is 59.7. The fourth-order valence-electron chi connectivity index (χ4n) is 3.82. The molecule has 8 heteroatoms. The van der Waals surface area contributed by atoms with Crippen LogP contribution in [0.5, 0.6) is 11.5 Å². The highest BCUT2D eigenvalue weighted by Gasteiger charge is 2.32. The predicted molar refractivity (Wildman–Crippen MR) is 96.2 cm³/mol. The third-order valence-electron chi connectivity index (χ3n) is 4.89. The van der Waals surface area contributed by atoms with Gasteiger partial charge in [0.05, 0.1) is 6.04 Å². The molecule has 1 heterocycles. The number of halogens is 4. The van der Waals surface area contributed by atoms with Crippen LogP contribution in [0, 0.1) is 5.92 Å². The molecule has 0 saturated carbocycles. The maximum Gasteiger partial charge on any atom is 0.387 e. The number of piperidine rings is 1. The van der Waals surface area contributed by atoms with Gasteiger partial charge in [-0.15, -0.1) is 0 Å². The van der Waals surface area contributed by atoms with Gasteiger partial charge in [-0.25, -0.2) is 5.01 Å². The average molecular weight is 398 g/mol. The van der Waals surface area contributed by atoms with Crippen LogP contribution in [0.4, 0.5) is 17.6 Å². The number of rotatable bonds is 7. The summed E-state index contributed by atoms with van der Waals surface area (Å²) in [6.45, 7) is -5.30. The summed E-state index contributed by atoms with van der Waals surface area (Å²) >= 11 is 0. The maximum absolute atomic E-state index is 12.8. The highest BCUT2D eigenvalue weighted by atomic mass is 19.3. The van der Waals surface area contributed by atoms with Crippen molar-refractivity contribution in [1.82, 2.24) is 5.01 Å². The van der Waals surface area contributed by atoms with Gasteiger partial charge < -0.3 is 9.47 Å². The van der Waals surface area contributed by atoms with Gasteiger partial charge in [0.1, 0.15) is 11.5 Å². The molecule has 152 valence electrons. The van der Waals surface area contributed by atoms with Crippen molar-refractivity contribution in [1.29, 1.82) is 0 Å². The number of ether oxygens (including phenoxy) is 2. The topological polar surface area (TPSA) is 47.7 Å². The Morgan fingerprint density at radius 3 is 2.39 bits per heavy atom. The molecule has 0 aliphatic carbocycles. The van der Waals surface area contributed by atoms with E-state index in [4.69, 9.17) is 5.84 Å². The van der Waals surface area contributed by atoms with Crippen LogP contribution in [0.1, 0.15) is 30.0 Å². The van der Waals surface area contributed by atoms with E-state index in [0.717, 1.165) is 18.4 Å². The molecule has 0 spiro atoms. The highest BCUT2D eigenvalue weighted by Crippen LogP contribution is 2.39. The predicted octanol–water partition coefficient (Wildman–Crippen LogP) is 4.76. The van der Waals surface area contributed by atoms with Crippen LogP contribution in [0.15, 0.2) is 48.5 Å². The third-order valence-corrected chi connectivity index (χ3v) is 4.89. The van der Waals surface area contributed by atoms with E-state index in [9.17, 15) is 17.6 Å². The fraction of sp³-hybridized carbons (Fsp3) is 0.400. The zero-order valence-corrected chi connectivity index (χ0v) is 15.1. The molecule has 1 saturated heterocycles. The first-order valence-corrected chi connectivity index (χ1v) is 9.03. The second-order valence-corrected chi connectivity index (χ2v) is 6.73. The molecule has 0 radical (unpaired) electrons. The van der Waals surface area contributed by atoms with Crippen molar-refractivity contribution in [2.45, 2.75) is 38.5 Å². The van der Waals surface area contributed by atoms with Crippen molar-refractivity contribution in [3.05, 3.63) is 59.7 Å². The minimum Gasteiger partial charge on any atom is -0.435 e. The lowest BCUT2D eigenvalue weighted by Gasteiger charge is -2.39. The molecule has 2 aromatic carbocycles. The number of nitrogens with zero attached hydrogens (tertiary/aromatic N) is 1. The van der Waals surface area contributed by atoms with Gasteiger partial charge in [-0.3, -0.25) is 5.84 Å². The van der Waals surface area contributed by atoms with Crippen molar-refractivity contribution >= 4 is 0 Å². The van der Waals surface area contributed by atoms with Crippen LogP contribution in [0.3, 0.4) is 0 Å². The summed E-state index contributed by atoms with van der Waals surface area (Å²) in [5.74, 6) is 6.09. The first-order valence-electron chi connectivity index (χ1n) is 9.03. The van der Waals surface area contributed by atoms with Gasteiger partial charge in [0.2, 0.25) is 0 Å². The molecule has 4 nitrogen and oxygen atoms in total. The minimum absolute atomic E-state index is 0.00275. The first-order chi connectivity index (χ1) is 13.4. The van der Waals surface area contributed by atoms with E-state index in [1.54, 1.807) is 5.01 Å². The van der Waals surface area contributed by atoms with E-state index in [1.165, 1.54) is 18.2 Å². The van der Waals surface area contributed by atoms with Gasteiger partial charge in [0.15, 0.2) is 0 Å². The van der Waals surface area contributed by atoms with Crippen LogP contribution >= 0.6 is 0 Å². The fourth-order valence-corrected chi connectivity index (χ4v) is 3.82. The lowest BCUT2D eigenvalue weighted by atomic mass is 9.81. The van der Waals surface area contributed by atoms with Crippen LogP contribution in [-0.2, 0) is 6.42 Å². The monoisotopic (exact) mass is 398 g/mol. The first kappa shape index (κ1) is 20.4. The molecule has 0 unspecified atom stereocenters. The van der Waals surface area contributed by atoms with E-state index in [-0.39, 0.29) is 23.5 Å². The molecule has 1 aliphatic heterocycles. The molecule has 3 rings (SSSR count). The highest BCUT2D eigenvalue weighted by molar-refractivity contribution is 5.41. The van der Waals surface area contributed by atoms with E-state index in [1.807, 2.05) is 30.3 Å². The van der Waals surface area contributed by atoms with Gasteiger partial charge in [0, 0.05) is 6.54 Å². The second-order valence-electron chi connectivity index (χ2n) is 6.73. The largest absolute Gasteiger partial charge is 0.435 e. The SMILES string of the molecule is NN1CCC[C@@H](Cc2cc(OC(F)F)ccc2OC(F)F)[C@H]1c1ccccc1. The Hall–Kier alpha value is -2.32. The standard InChI is InChI=1S/C20H22F4N2O2/c21-19(22)27-16-8-9-17(28-20(23)24)15(12-16)11-14-7-4-10-26(25)18(14)13-5-2-1-3-6-13/h1-3,5-6,8-9,12,14,18-20H,4,7,10-11,25H2/t14-,18+/m0/s1. The van der Waals surface area contributed by atoms with E-state index < -0.39 is 13.2 Å². The Morgan fingerprint density at radius 2 is 1.71 bits per heavy atom. The van der Waals surface area contributed by atoms with Gasteiger partial charge in [-0.1, -0.05) is 30.3 Å². The Kier molecular flexibility index (Phi) is 6.74. The summed E-state index contributed by atoms with van der Waals surface area (Å²) in [4.78, 5) is 0. The van der Waals surface area contributed by atoms with Crippen LogP contribution < -0.4 is 15.3 Å². The third kappa shape index (κ3) is 5.14. The number of benzene rings is 2. The van der Waals surface area contributed by atoms with Crippen LogP contribution in [0.2, 0.25) is 0 Å². The molecule has 2 N–H and O–H groups in total. The van der Waals surface area contributed by atoms with Crippen LogP contribution in [-0.4, -0.2) is 24.8 Å². The van der Waals surface area contributed by atoms with E-state index >= 15 is 0 Å². The maximum atomic E-state index is 12.8. The second kappa shape index (κ2) is 9.25. The Morgan fingerprint density at radius 1 is 1.00 bits per heavy atom. The lowest BCUT2D eigenvalue weighted by molar-refractivity contribution is -0.0536. The number of hydrazine groups is 1. The number of alkyl halides is 4. The molecule has 0 aromatic heterocycles. The Labute approximate surface area is 160 Å². The van der Waals surface area contributed by atoms with Gasteiger partial charge in [-0.2, -0.15) is 17.6 Å². The normalized spacial score (nSPS) is 20.5. The molecule has 1 aliphatic rings. The number of hydrogen-bond acceptors (Lipinski definition) is 4. The minimum atomic E-state index is -3.01. The van der Waals surface area contributed by atoms with Gasteiger partial charge >= 0.3 is 13.2 Å². The molecule has 0 bridgehead atoms. The summed E-state index contributed by atoms with van der Waals surface area (Å²) in [7, 11) is 0. The molecular weight excluding hydrogens is 376 g/mol. The molecule has 0 amide bonds. The lowest BCUT2D eigenvalue weighted by Crippen LogP contribution is -2.44. The molecule has 1 fully saturated rings. The summed E-state index contributed by atoms with van der Waals surface area (Å²) in [5.41, 5.74) is 1.41. The van der Waals surface area contributed by atoms with Gasteiger partial charge in [-0.05, 0) is 54.5 Å². The van der Waals surface area contributed by atoms with E-state index in [2.05, 4.69) is 9.47 Å². The van der Waals surface area contributed by atoms with Crippen molar-refractivity contribution in [3.8, 4) is 11.5 Å². The zero-order valence-electron chi connectivity index (χ0n) is 15.1. The van der Waals surface area contributed by atoms with Crippen LogP contribution in [0.25, 0.3) is 0 Å². The van der Waals surface area contributed by atoms with Gasteiger partial charge in [0.25, 0.3) is 0 Å².